The SMILES string of the molecule is CCCNc1ccc(Cn2cnc(C#N)c2C#N)cn1. The van der Waals surface area contributed by atoms with Crippen LogP contribution in [0, 0.1) is 22.7 Å². The predicted octanol–water partition coefficient (Wildman–Crippen LogP) is 1.89. The van der Waals surface area contributed by atoms with Gasteiger partial charge in [0.2, 0.25) is 0 Å². The molecule has 0 aromatic carbocycles. The van der Waals surface area contributed by atoms with Crippen LogP contribution in [0.1, 0.15) is 30.3 Å². The monoisotopic (exact) mass is 266 g/mol. The van der Waals surface area contributed by atoms with Crippen molar-refractivity contribution in [3.05, 3.63) is 41.6 Å². The molecule has 0 bridgehead atoms. The summed E-state index contributed by atoms with van der Waals surface area (Å²) in [6.45, 7) is 3.45. The molecule has 20 heavy (non-hydrogen) atoms. The van der Waals surface area contributed by atoms with Crippen molar-refractivity contribution in [3.63, 3.8) is 0 Å². The Morgan fingerprint density at radius 2 is 2.10 bits per heavy atom. The summed E-state index contributed by atoms with van der Waals surface area (Å²) < 4.78 is 1.65. The average molecular weight is 266 g/mol. The number of hydrogen-bond acceptors (Lipinski definition) is 5. The number of nitriles is 2. The lowest BCUT2D eigenvalue weighted by molar-refractivity contribution is 0.782. The molecule has 6 nitrogen and oxygen atoms in total. The summed E-state index contributed by atoms with van der Waals surface area (Å²) in [6.07, 6.45) is 4.30. The Morgan fingerprint density at radius 3 is 2.70 bits per heavy atom. The summed E-state index contributed by atoms with van der Waals surface area (Å²) >= 11 is 0. The van der Waals surface area contributed by atoms with Gasteiger partial charge in [0.25, 0.3) is 0 Å². The van der Waals surface area contributed by atoms with E-state index in [9.17, 15) is 0 Å². The summed E-state index contributed by atoms with van der Waals surface area (Å²) in [4.78, 5) is 8.21. The number of aromatic nitrogens is 3. The highest BCUT2D eigenvalue weighted by Crippen LogP contribution is 2.10. The van der Waals surface area contributed by atoms with Gasteiger partial charge in [0.1, 0.15) is 18.0 Å². The largest absolute Gasteiger partial charge is 0.370 e. The van der Waals surface area contributed by atoms with E-state index in [0.717, 1.165) is 24.3 Å². The maximum Gasteiger partial charge on any atom is 0.176 e. The fourth-order valence-corrected chi connectivity index (χ4v) is 1.77. The van der Waals surface area contributed by atoms with Gasteiger partial charge in [-0.2, -0.15) is 10.5 Å². The molecule has 2 aromatic heterocycles. The van der Waals surface area contributed by atoms with Gasteiger partial charge in [-0.05, 0) is 18.1 Å². The van der Waals surface area contributed by atoms with E-state index in [2.05, 4.69) is 22.2 Å². The molecule has 0 amide bonds. The summed E-state index contributed by atoms with van der Waals surface area (Å²) in [6, 6.07) is 7.75. The van der Waals surface area contributed by atoms with Gasteiger partial charge in [0.15, 0.2) is 11.4 Å². The predicted molar refractivity (Wildman–Crippen MR) is 73.8 cm³/mol. The van der Waals surface area contributed by atoms with E-state index in [1.807, 2.05) is 24.3 Å². The maximum absolute atomic E-state index is 9.05. The number of imidazole rings is 1. The van der Waals surface area contributed by atoms with Crippen LogP contribution in [0.5, 0.6) is 0 Å². The number of rotatable bonds is 5. The highest BCUT2D eigenvalue weighted by Gasteiger charge is 2.10. The zero-order valence-corrected chi connectivity index (χ0v) is 11.2. The molecule has 2 rings (SSSR count). The van der Waals surface area contributed by atoms with Crippen LogP contribution in [-0.4, -0.2) is 21.1 Å². The second-order valence-corrected chi connectivity index (χ2v) is 4.27. The third kappa shape index (κ3) is 2.93. The number of pyridine rings is 1. The number of hydrogen-bond donors (Lipinski definition) is 1. The van der Waals surface area contributed by atoms with E-state index >= 15 is 0 Å². The molecule has 0 spiro atoms. The minimum absolute atomic E-state index is 0.154. The van der Waals surface area contributed by atoms with Gasteiger partial charge in [-0.3, -0.25) is 0 Å². The Morgan fingerprint density at radius 1 is 1.25 bits per heavy atom. The smallest absolute Gasteiger partial charge is 0.176 e. The van der Waals surface area contributed by atoms with Gasteiger partial charge in [0, 0.05) is 12.7 Å². The van der Waals surface area contributed by atoms with E-state index < -0.39 is 0 Å². The molecule has 0 saturated carbocycles. The molecule has 2 heterocycles. The van der Waals surface area contributed by atoms with Gasteiger partial charge in [-0.1, -0.05) is 13.0 Å². The average Bonchev–Trinajstić information content (AvgIpc) is 2.88. The van der Waals surface area contributed by atoms with Crippen LogP contribution in [0.4, 0.5) is 5.82 Å². The normalized spacial score (nSPS) is 9.75. The summed E-state index contributed by atoms with van der Waals surface area (Å²) in [5.41, 5.74) is 1.38. The third-order valence-electron chi connectivity index (χ3n) is 2.78. The molecule has 100 valence electrons. The van der Waals surface area contributed by atoms with Crippen molar-refractivity contribution >= 4 is 5.82 Å². The quantitative estimate of drug-likeness (QED) is 0.892. The second-order valence-electron chi connectivity index (χ2n) is 4.27. The number of anilines is 1. The van der Waals surface area contributed by atoms with Crippen LogP contribution in [0.25, 0.3) is 0 Å². The first-order chi connectivity index (χ1) is 9.78. The molecule has 0 aliphatic heterocycles. The maximum atomic E-state index is 9.05. The van der Waals surface area contributed by atoms with Crippen molar-refractivity contribution in [2.45, 2.75) is 19.9 Å². The van der Waals surface area contributed by atoms with Crippen molar-refractivity contribution in [2.75, 3.05) is 11.9 Å². The van der Waals surface area contributed by atoms with E-state index in [1.165, 1.54) is 6.33 Å². The lowest BCUT2D eigenvalue weighted by Gasteiger charge is -2.06. The van der Waals surface area contributed by atoms with E-state index in [1.54, 1.807) is 10.8 Å². The van der Waals surface area contributed by atoms with E-state index in [-0.39, 0.29) is 11.4 Å². The summed E-state index contributed by atoms with van der Waals surface area (Å²) in [5, 5.41) is 21.1. The van der Waals surface area contributed by atoms with Crippen LogP contribution in [0.2, 0.25) is 0 Å². The first-order valence-electron chi connectivity index (χ1n) is 6.32. The lowest BCUT2D eigenvalue weighted by atomic mass is 10.2. The lowest BCUT2D eigenvalue weighted by Crippen LogP contribution is -2.04. The molecule has 0 aliphatic rings. The summed E-state index contributed by atoms with van der Waals surface area (Å²) in [5.74, 6) is 0.833. The van der Waals surface area contributed by atoms with Gasteiger partial charge in [-0.25, -0.2) is 9.97 Å². The fraction of sp³-hybridized carbons (Fsp3) is 0.286. The number of nitrogens with zero attached hydrogens (tertiary/aromatic N) is 5. The molecular weight excluding hydrogens is 252 g/mol. The van der Waals surface area contributed by atoms with E-state index in [4.69, 9.17) is 10.5 Å². The Hall–Kier alpha value is -2.86. The van der Waals surface area contributed by atoms with Crippen LogP contribution in [-0.2, 0) is 6.54 Å². The van der Waals surface area contributed by atoms with Gasteiger partial charge in [0.05, 0.1) is 12.9 Å². The molecule has 2 aromatic rings. The topological polar surface area (TPSA) is 90.3 Å². The molecule has 0 unspecified atom stereocenters. The van der Waals surface area contributed by atoms with Crippen LogP contribution >= 0.6 is 0 Å². The third-order valence-corrected chi connectivity index (χ3v) is 2.78. The fourth-order valence-electron chi connectivity index (χ4n) is 1.77. The van der Waals surface area contributed by atoms with Crippen LogP contribution < -0.4 is 5.32 Å². The Bertz CT molecular complexity index is 656. The zero-order chi connectivity index (χ0) is 14.4. The molecule has 0 atom stereocenters. The highest BCUT2D eigenvalue weighted by molar-refractivity contribution is 5.38. The molecule has 1 N–H and O–H groups in total. The van der Waals surface area contributed by atoms with Crippen molar-refractivity contribution in [1.82, 2.24) is 14.5 Å². The molecule has 0 radical (unpaired) electrons. The van der Waals surface area contributed by atoms with Crippen LogP contribution in [0.3, 0.4) is 0 Å². The Kier molecular flexibility index (Phi) is 4.31. The Balaban J connectivity index is 2.13. The van der Waals surface area contributed by atoms with Gasteiger partial charge in [-0.15, -0.1) is 0 Å². The first-order valence-corrected chi connectivity index (χ1v) is 6.32. The van der Waals surface area contributed by atoms with Gasteiger partial charge < -0.3 is 9.88 Å². The number of nitrogens with one attached hydrogen (secondary N) is 1. The van der Waals surface area contributed by atoms with Crippen LogP contribution in [0.15, 0.2) is 24.7 Å². The minimum atomic E-state index is 0.154. The van der Waals surface area contributed by atoms with Gasteiger partial charge >= 0.3 is 0 Å². The second kappa shape index (κ2) is 6.35. The first kappa shape index (κ1) is 13.6. The minimum Gasteiger partial charge on any atom is -0.370 e. The van der Waals surface area contributed by atoms with E-state index in [0.29, 0.717) is 6.54 Å². The van der Waals surface area contributed by atoms with Crippen molar-refractivity contribution < 1.29 is 0 Å². The van der Waals surface area contributed by atoms with Crippen molar-refractivity contribution in [2.24, 2.45) is 0 Å². The summed E-state index contributed by atoms with van der Waals surface area (Å²) in [7, 11) is 0. The highest BCUT2D eigenvalue weighted by atomic mass is 15.1. The molecule has 0 fully saturated rings. The molecule has 6 heteroatoms. The molecular formula is C14H14N6. The van der Waals surface area contributed by atoms with Crippen molar-refractivity contribution in [1.29, 1.82) is 10.5 Å². The standard InChI is InChI=1S/C14H14N6/c1-2-5-17-14-4-3-11(8-18-14)9-20-10-19-12(6-15)13(20)7-16/h3-4,8,10H,2,5,9H2,1H3,(H,17,18). The Labute approximate surface area is 117 Å². The molecule has 0 saturated heterocycles. The molecule has 0 aliphatic carbocycles. The zero-order valence-electron chi connectivity index (χ0n) is 11.2. The van der Waals surface area contributed by atoms with Crippen molar-refractivity contribution in [3.8, 4) is 12.1 Å².